The van der Waals surface area contributed by atoms with Gasteiger partial charge in [-0.05, 0) is 34.7 Å². The van der Waals surface area contributed by atoms with Gasteiger partial charge in [-0.25, -0.2) is 4.98 Å². The standard InChI is InChI=1S/C9H10BrNOS/c10-9-11-7(5-12)8(13-9)6-3-1-2-4-6/h5-6H,1-4H2. The molecule has 1 aliphatic carbocycles. The van der Waals surface area contributed by atoms with Gasteiger partial charge in [-0.2, -0.15) is 0 Å². The second kappa shape index (κ2) is 3.88. The minimum absolute atomic E-state index is 0.587. The van der Waals surface area contributed by atoms with Crippen LogP contribution in [0.1, 0.15) is 47.0 Å². The summed E-state index contributed by atoms with van der Waals surface area (Å²) in [5, 5.41) is 0. The number of thiazole rings is 1. The Morgan fingerprint density at radius 2 is 2.15 bits per heavy atom. The van der Waals surface area contributed by atoms with Gasteiger partial charge in [0.15, 0.2) is 10.2 Å². The van der Waals surface area contributed by atoms with Crippen LogP contribution in [-0.4, -0.2) is 11.3 Å². The molecule has 0 N–H and O–H groups in total. The average Bonchev–Trinajstić information content (AvgIpc) is 2.71. The smallest absolute Gasteiger partial charge is 0.169 e. The fourth-order valence-electron chi connectivity index (χ4n) is 1.88. The van der Waals surface area contributed by atoms with Crippen molar-refractivity contribution in [2.24, 2.45) is 0 Å². The lowest BCUT2D eigenvalue weighted by Gasteiger charge is -2.04. The first kappa shape index (κ1) is 9.34. The van der Waals surface area contributed by atoms with Crippen LogP contribution in [0.25, 0.3) is 0 Å². The number of hydrogen-bond donors (Lipinski definition) is 0. The largest absolute Gasteiger partial charge is 0.296 e. The van der Waals surface area contributed by atoms with Gasteiger partial charge >= 0.3 is 0 Å². The van der Waals surface area contributed by atoms with Crippen LogP contribution in [0.5, 0.6) is 0 Å². The zero-order valence-electron chi connectivity index (χ0n) is 7.12. The molecule has 4 heteroatoms. The van der Waals surface area contributed by atoms with E-state index in [1.165, 1.54) is 30.6 Å². The van der Waals surface area contributed by atoms with E-state index in [1.807, 2.05) is 0 Å². The number of halogens is 1. The lowest BCUT2D eigenvalue weighted by molar-refractivity contribution is 0.111. The summed E-state index contributed by atoms with van der Waals surface area (Å²) in [6, 6.07) is 0. The first-order chi connectivity index (χ1) is 6.31. The molecule has 0 amide bonds. The van der Waals surface area contributed by atoms with Crippen LogP contribution in [0.4, 0.5) is 0 Å². The van der Waals surface area contributed by atoms with Crippen molar-refractivity contribution in [3.05, 3.63) is 14.5 Å². The van der Waals surface area contributed by atoms with Gasteiger partial charge in [0.2, 0.25) is 0 Å². The Hall–Kier alpha value is -0.220. The summed E-state index contributed by atoms with van der Waals surface area (Å²) >= 11 is 4.93. The molecule has 1 aromatic rings. The lowest BCUT2D eigenvalue weighted by atomic mass is 10.1. The zero-order chi connectivity index (χ0) is 9.26. The van der Waals surface area contributed by atoms with Gasteiger partial charge in [0.25, 0.3) is 0 Å². The summed E-state index contributed by atoms with van der Waals surface area (Å²) in [6.07, 6.45) is 5.89. The van der Waals surface area contributed by atoms with E-state index in [1.54, 1.807) is 11.3 Å². The van der Waals surface area contributed by atoms with Crippen LogP contribution in [0.3, 0.4) is 0 Å². The maximum Gasteiger partial charge on any atom is 0.169 e. The Morgan fingerprint density at radius 1 is 1.46 bits per heavy atom. The molecule has 1 aromatic heterocycles. The summed E-state index contributed by atoms with van der Waals surface area (Å²) < 4.78 is 0.830. The van der Waals surface area contributed by atoms with E-state index >= 15 is 0 Å². The molecule has 0 radical (unpaired) electrons. The molecule has 0 bridgehead atoms. The van der Waals surface area contributed by atoms with Gasteiger partial charge in [0.05, 0.1) is 0 Å². The molecule has 1 aliphatic rings. The molecule has 0 unspecified atom stereocenters. The monoisotopic (exact) mass is 259 g/mol. The molecular formula is C9H10BrNOS. The summed E-state index contributed by atoms with van der Waals surface area (Å²) in [5.41, 5.74) is 0.642. The predicted octanol–water partition coefficient (Wildman–Crippen LogP) is 3.38. The number of carbonyl (C=O) groups is 1. The van der Waals surface area contributed by atoms with Crippen LogP contribution >= 0.6 is 27.3 Å². The summed E-state index contributed by atoms with van der Waals surface area (Å²) in [5.74, 6) is 0.587. The Bertz CT molecular complexity index is 317. The molecule has 0 saturated heterocycles. The van der Waals surface area contributed by atoms with Crippen LogP contribution in [0, 0.1) is 0 Å². The molecule has 0 aliphatic heterocycles. The second-order valence-corrected chi connectivity index (χ2v) is 5.62. The van der Waals surface area contributed by atoms with E-state index in [4.69, 9.17) is 0 Å². The van der Waals surface area contributed by atoms with Gasteiger partial charge < -0.3 is 0 Å². The normalized spacial score (nSPS) is 17.9. The zero-order valence-corrected chi connectivity index (χ0v) is 9.53. The highest BCUT2D eigenvalue weighted by Gasteiger charge is 2.22. The molecule has 0 aromatic carbocycles. The Balaban J connectivity index is 2.31. The SMILES string of the molecule is O=Cc1nc(Br)sc1C1CCCC1. The lowest BCUT2D eigenvalue weighted by Crippen LogP contribution is -1.93. The average molecular weight is 260 g/mol. The molecule has 13 heavy (non-hydrogen) atoms. The maximum absolute atomic E-state index is 10.7. The highest BCUT2D eigenvalue weighted by Crippen LogP contribution is 2.39. The number of rotatable bonds is 2. The van der Waals surface area contributed by atoms with Gasteiger partial charge in [-0.1, -0.05) is 12.8 Å². The fraction of sp³-hybridized carbons (Fsp3) is 0.556. The van der Waals surface area contributed by atoms with Crippen molar-refractivity contribution in [3.63, 3.8) is 0 Å². The third-order valence-electron chi connectivity index (χ3n) is 2.49. The molecule has 0 atom stereocenters. The van der Waals surface area contributed by atoms with E-state index in [2.05, 4.69) is 20.9 Å². The second-order valence-electron chi connectivity index (χ2n) is 3.32. The number of nitrogens with zero attached hydrogens (tertiary/aromatic N) is 1. The third kappa shape index (κ3) is 1.83. The number of aldehydes is 1. The minimum atomic E-state index is 0.587. The number of aromatic nitrogens is 1. The summed E-state index contributed by atoms with van der Waals surface area (Å²) in [6.45, 7) is 0. The minimum Gasteiger partial charge on any atom is -0.296 e. The molecule has 1 fully saturated rings. The van der Waals surface area contributed by atoms with E-state index in [-0.39, 0.29) is 0 Å². The summed E-state index contributed by atoms with van der Waals surface area (Å²) in [4.78, 5) is 16.0. The van der Waals surface area contributed by atoms with Crippen molar-refractivity contribution in [1.29, 1.82) is 0 Å². The Morgan fingerprint density at radius 3 is 2.77 bits per heavy atom. The fourth-order valence-corrected chi connectivity index (χ4v) is 3.52. The Kier molecular flexibility index (Phi) is 2.79. The third-order valence-corrected chi connectivity index (χ3v) is 4.18. The number of carbonyl (C=O) groups excluding carboxylic acids is 1. The van der Waals surface area contributed by atoms with Crippen molar-refractivity contribution < 1.29 is 4.79 Å². The molecule has 70 valence electrons. The quantitative estimate of drug-likeness (QED) is 0.763. The highest BCUT2D eigenvalue weighted by molar-refractivity contribution is 9.11. The molecule has 1 saturated carbocycles. The van der Waals surface area contributed by atoms with Crippen LogP contribution in [-0.2, 0) is 0 Å². The van der Waals surface area contributed by atoms with E-state index in [0.717, 1.165) is 10.2 Å². The van der Waals surface area contributed by atoms with Crippen molar-refractivity contribution >= 4 is 33.6 Å². The van der Waals surface area contributed by atoms with Gasteiger partial charge in [0, 0.05) is 4.88 Å². The summed E-state index contributed by atoms with van der Waals surface area (Å²) in [7, 11) is 0. The van der Waals surface area contributed by atoms with Crippen LogP contribution in [0.15, 0.2) is 3.92 Å². The molecular weight excluding hydrogens is 250 g/mol. The van der Waals surface area contributed by atoms with Gasteiger partial charge in [-0.15, -0.1) is 11.3 Å². The van der Waals surface area contributed by atoms with E-state index in [0.29, 0.717) is 11.6 Å². The highest BCUT2D eigenvalue weighted by atomic mass is 79.9. The van der Waals surface area contributed by atoms with Crippen LogP contribution < -0.4 is 0 Å². The topological polar surface area (TPSA) is 30.0 Å². The van der Waals surface area contributed by atoms with Crippen molar-refractivity contribution in [2.75, 3.05) is 0 Å². The van der Waals surface area contributed by atoms with Gasteiger partial charge in [0.1, 0.15) is 5.69 Å². The predicted molar refractivity (Wildman–Crippen MR) is 56.4 cm³/mol. The molecule has 2 rings (SSSR count). The van der Waals surface area contributed by atoms with Gasteiger partial charge in [-0.3, -0.25) is 4.79 Å². The van der Waals surface area contributed by atoms with Crippen LogP contribution in [0.2, 0.25) is 0 Å². The first-order valence-electron chi connectivity index (χ1n) is 4.42. The van der Waals surface area contributed by atoms with Crippen molar-refractivity contribution in [1.82, 2.24) is 4.98 Å². The molecule has 1 heterocycles. The number of hydrogen-bond acceptors (Lipinski definition) is 3. The van der Waals surface area contributed by atoms with Crippen molar-refractivity contribution in [2.45, 2.75) is 31.6 Å². The maximum atomic E-state index is 10.7. The first-order valence-corrected chi connectivity index (χ1v) is 6.03. The van der Waals surface area contributed by atoms with E-state index in [9.17, 15) is 4.79 Å². The Labute approximate surface area is 89.5 Å². The van der Waals surface area contributed by atoms with Crippen molar-refractivity contribution in [3.8, 4) is 0 Å². The molecule has 2 nitrogen and oxygen atoms in total. The molecule has 0 spiro atoms. The van der Waals surface area contributed by atoms with E-state index < -0.39 is 0 Å².